The van der Waals surface area contributed by atoms with Gasteiger partial charge in [0.25, 0.3) is 5.91 Å². The summed E-state index contributed by atoms with van der Waals surface area (Å²) in [6, 6.07) is 1.52. The Morgan fingerprint density at radius 1 is 1.62 bits per heavy atom. The molecule has 0 aromatic carbocycles. The SMILES string of the molecule is N#CC(=CN1C(=O)CC(=O)NC1=S)C(N)=O. The molecule has 1 aliphatic rings. The van der Waals surface area contributed by atoms with Crippen molar-refractivity contribution in [3.63, 3.8) is 0 Å². The van der Waals surface area contributed by atoms with Gasteiger partial charge in [-0.2, -0.15) is 5.26 Å². The van der Waals surface area contributed by atoms with Gasteiger partial charge in [0.15, 0.2) is 5.11 Å². The number of nitrogens with one attached hydrogen (secondary N) is 1. The standard InChI is InChI=1S/C8H6N4O3S/c9-2-4(7(10)15)3-12-6(14)1-5(13)11-8(12)16/h3H,1H2,(H2,10,15)(H,11,13,16). The Morgan fingerprint density at radius 3 is 2.69 bits per heavy atom. The molecule has 82 valence electrons. The normalized spacial score (nSPS) is 16.8. The van der Waals surface area contributed by atoms with E-state index in [9.17, 15) is 14.4 Å². The molecule has 1 heterocycles. The first kappa shape index (κ1) is 11.8. The van der Waals surface area contributed by atoms with E-state index in [2.05, 4.69) is 5.32 Å². The van der Waals surface area contributed by atoms with Gasteiger partial charge < -0.3 is 11.1 Å². The summed E-state index contributed by atoms with van der Waals surface area (Å²) in [5.74, 6) is -2.13. The number of carbonyl (C=O) groups excluding carboxylic acids is 3. The highest BCUT2D eigenvalue weighted by molar-refractivity contribution is 7.80. The summed E-state index contributed by atoms with van der Waals surface area (Å²) in [6.45, 7) is 0. The van der Waals surface area contributed by atoms with Gasteiger partial charge in [0.2, 0.25) is 11.8 Å². The van der Waals surface area contributed by atoms with Gasteiger partial charge in [0, 0.05) is 6.20 Å². The minimum absolute atomic E-state index is 0.185. The number of thiocarbonyl (C=S) groups is 1. The van der Waals surface area contributed by atoms with Crippen LogP contribution in [0.1, 0.15) is 6.42 Å². The number of nitrogens with zero attached hydrogens (tertiary/aromatic N) is 2. The molecular formula is C8H6N4O3S. The zero-order valence-corrected chi connectivity index (χ0v) is 8.71. The summed E-state index contributed by atoms with van der Waals surface area (Å²) < 4.78 is 0. The van der Waals surface area contributed by atoms with Gasteiger partial charge in [-0.3, -0.25) is 19.3 Å². The van der Waals surface area contributed by atoms with Crippen LogP contribution in [0, 0.1) is 11.3 Å². The molecule has 0 bridgehead atoms. The maximum atomic E-state index is 11.4. The highest BCUT2D eigenvalue weighted by Crippen LogP contribution is 2.06. The lowest BCUT2D eigenvalue weighted by Crippen LogP contribution is -2.50. The zero-order valence-electron chi connectivity index (χ0n) is 7.89. The average Bonchev–Trinajstić information content (AvgIpc) is 2.15. The first-order valence-electron chi connectivity index (χ1n) is 4.03. The lowest BCUT2D eigenvalue weighted by Gasteiger charge is -2.23. The van der Waals surface area contributed by atoms with E-state index in [4.69, 9.17) is 23.2 Å². The van der Waals surface area contributed by atoms with Crippen LogP contribution in [0.3, 0.4) is 0 Å². The molecule has 0 saturated carbocycles. The quantitative estimate of drug-likeness (QED) is 0.263. The molecule has 3 amide bonds. The maximum absolute atomic E-state index is 11.4. The van der Waals surface area contributed by atoms with Crippen LogP contribution in [0.25, 0.3) is 0 Å². The second kappa shape index (κ2) is 4.50. The first-order valence-corrected chi connectivity index (χ1v) is 4.44. The van der Waals surface area contributed by atoms with Crippen molar-refractivity contribution in [1.29, 1.82) is 5.26 Å². The molecule has 7 nitrogen and oxygen atoms in total. The average molecular weight is 238 g/mol. The molecule has 0 spiro atoms. The molecule has 1 saturated heterocycles. The molecule has 0 atom stereocenters. The van der Waals surface area contributed by atoms with Gasteiger partial charge in [0.05, 0.1) is 0 Å². The molecule has 1 fully saturated rings. The van der Waals surface area contributed by atoms with Gasteiger partial charge in [-0.15, -0.1) is 0 Å². The first-order chi connectivity index (χ1) is 7.45. The Kier molecular flexibility index (Phi) is 3.32. The second-order valence-corrected chi connectivity index (χ2v) is 3.20. The van der Waals surface area contributed by atoms with Crippen LogP contribution >= 0.6 is 12.2 Å². The van der Waals surface area contributed by atoms with Crippen molar-refractivity contribution in [3.05, 3.63) is 11.8 Å². The third kappa shape index (κ3) is 2.40. The summed E-state index contributed by atoms with van der Waals surface area (Å²) in [4.78, 5) is 33.8. The predicted octanol–water partition coefficient (Wildman–Crippen LogP) is -1.49. The van der Waals surface area contributed by atoms with E-state index in [-0.39, 0.29) is 5.11 Å². The molecule has 0 radical (unpaired) electrons. The fraction of sp³-hybridized carbons (Fsp3) is 0.125. The number of primary amides is 1. The summed E-state index contributed by atoms with van der Waals surface area (Å²) in [5, 5.41) is 10.6. The number of amides is 3. The van der Waals surface area contributed by atoms with Gasteiger partial charge in [-0.1, -0.05) is 0 Å². The van der Waals surface area contributed by atoms with Gasteiger partial charge in [-0.25, -0.2) is 0 Å². The Morgan fingerprint density at radius 2 is 2.25 bits per heavy atom. The van der Waals surface area contributed by atoms with Crippen LogP contribution < -0.4 is 11.1 Å². The number of hydrogen-bond acceptors (Lipinski definition) is 5. The molecule has 3 N–H and O–H groups in total. The van der Waals surface area contributed by atoms with Crippen LogP contribution in [0.5, 0.6) is 0 Å². The molecule has 8 heteroatoms. The van der Waals surface area contributed by atoms with Crippen molar-refractivity contribution in [2.45, 2.75) is 6.42 Å². The van der Waals surface area contributed by atoms with Crippen LogP contribution in [-0.2, 0) is 14.4 Å². The molecule has 0 aliphatic carbocycles. The zero-order chi connectivity index (χ0) is 12.3. The highest BCUT2D eigenvalue weighted by Gasteiger charge is 2.27. The molecule has 0 unspecified atom stereocenters. The van der Waals surface area contributed by atoms with Crippen molar-refractivity contribution in [3.8, 4) is 6.07 Å². The minimum atomic E-state index is -0.977. The van der Waals surface area contributed by atoms with Gasteiger partial charge in [-0.05, 0) is 12.2 Å². The van der Waals surface area contributed by atoms with Crippen LogP contribution in [0.2, 0.25) is 0 Å². The topological polar surface area (TPSA) is 116 Å². The van der Waals surface area contributed by atoms with E-state index in [1.54, 1.807) is 0 Å². The van der Waals surface area contributed by atoms with E-state index in [1.807, 2.05) is 0 Å². The predicted molar refractivity (Wildman–Crippen MR) is 55.1 cm³/mol. The molecule has 0 aromatic heterocycles. The Balaban J connectivity index is 3.01. The van der Waals surface area contributed by atoms with Crippen LogP contribution in [0.4, 0.5) is 0 Å². The highest BCUT2D eigenvalue weighted by atomic mass is 32.1. The number of hydrogen-bond donors (Lipinski definition) is 2. The molecule has 0 aromatic rings. The molecule has 16 heavy (non-hydrogen) atoms. The number of rotatable bonds is 2. The molecule has 1 aliphatic heterocycles. The lowest BCUT2D eigenvalue weighted by atomic mass is 10.2. The Hall–Kier alpha value is -2.27. The third-order valence-corrected chi connectivity index (χ3v) is 1.99. The Labute approximate surface area is 95.5 Å². The second-order valence-electron chi connectivity index (χ2n) is 2.81. The van der Waals surface area contributed by atoms with Gasteiger partial charge >= 0.3 is 0 Å². The lowest BCUT2D eigenvalue weighted by molar-refractivity contribution is -0.133. The van der Waals surface area contributed by atoms with Crippen molar-refractivity contribution < 1.29 is 14.4 Å². The van der Waals surface area contributed by atoms with Crippen molar-refractivity contribution >= 4 is 35.1 Å². The maximum Gasteiger partial charge on any atom is 0.260 e. The van der Waals surface area contributed by atoms with E-state index in [0.717, 1.165) is 11.1 Å². The number of nitriles is 1. The van der Waals surface area contributed by atoms with Gasteiger partial charge in [0.1, 0.15) is 18.1 Å². The van der Waals surface area contributed by atoms with Crippen molar-refractivity contribution in [1.82, 2.24) is 10.2 Å². The molecular weight excluding hydrogens is 232 g/mol. The summed E-state index contributed by atoms with van der Waals surface area (Å²) >= 11 is 4.70. The summed E-state index contributed by atoms with van der Waals surface area (Å²) in [7, 11) is 0. The van der Waals surface area contributed by atoms with E-state index < -0.39 is 29.7 Å². The number of carbonyl (C=O) groups is 3. The summed E-state index contributed by atoms with van der Waals surface area (Å²) in [5.41, 5.74) is 4.46. The van der Waals surface area contributed by atoms with Crippen molar-refractivity contribution in [2.24, 2.45) is 5.73 Å². The van der Waals surface area contributed by atoms with Crippen LogP contribution in [0.15, 0.2) is 11.8 Å². The molecule has 1 rings (SSSR count). The van der Waals surface area contributed by atoms with Crippen molar-refractivity contribution in [2.75, 3.05) is 0 Å². The monoisotopic (exact) mass is 238 g/mol. The Bertz CT molecular complexity index is 442. The fourth-order valence-electron chi connectivity index (χ4n) is 0.967. The fourth-order valence-corrected chi connectivity index (χ4v) is 1.24. The minimum Gasteiger partial charge on any atom is -0.365 e. The third-order valence-electron chi connectivity index (χ3n) is 1.69. The number of nitrogens with two attached hydrogens (primary N) is 1. The van der Waals surface area contributed by atoms with Crippen LogP contribution in [-0.4, -0.2) is 27.7 Å². The smallest absolute Gasteiger partial charge is 0.260 e. The summed E-state index contributed by atoms with van der Waals surface area (Å²) in [6.07, 6.45) is 0.514. The van der Waals surface area contributed by atoms with E-state index in [1.165, 1.54) is 6.07 Å². The largest absolute Gasteiger partial charge is 0.365 e. The van der Waals surface area contributed by atoms with E-state index >= 15 is 0 Å². The van der Waals surface area contributed by atoms with E-state index in [0.29, 0.717) is 0 Å².